The summed E-state index contributed by atoms with van der Waals surface area (Å²) < 4.78 is 43.2. The van der Waals surface area contributed by atoms with E-state index in [1.54, 1.807) is 19.9 Å². The molecule has 0 amide bonds. The van der Waals surface area contributed by atoms with E-state index in [4.69, 9.17) is 4.74 Å². The van der Waals surface area contributed by atoms with Crippen LogP contribution in [0.5, 0.6) is 5.75 Å². The van der Waals surface area contributed by atoms with Gasteiger partial charge in [0.15, 0.2) is 0 Å². The molecule has 0 saturated carbocycles. The Morgan fingerprint density at radius 3 is 2.50 bits per heavy atom. The lowest BCUT2D eigenvalue weighted by molar-refractivity contribution is 0.353. The highest BCUT2D eigenvalue weighted by Gasteiger charge is 2.29. The van der Waals surface area contributed by atoms with Crippen LogP contribution in [0, 0.1) is 6.92 Å². The lowest BCUT2D eigenvalue weighted by atomic mass is 9.78. The van der Waals surface area contributed by atoms with Gasteiger partial charge in [-0.2, -0.15) is 0 Å². The summed E-state index contributed by atoms with van der Waals surface area (Å²) in [6.45, 7) is 1.96. The first kappa shape index (κ1) is 12.7. The van der Waals surface area contributed by atoms with Crippen molar-refractivity contribution in [3.8, 4) is 5.75 Å². The summed E-state index contributed by atoms with van der Waals surface area (Å²) in [5, 5.41) is 0. The van der Waals surface area contributed by atoms with E-state index < -0.39 is 12.4 Å². The summed E-state index contributed by atoms with van der Waals surface area (Å²) in [5.41, 5.74) is 0.569. The number of rotatable bonds is 4. The quantitative estimate of drug-likeness (QED) is 0.569. The molecular weight excluding hydrogens is 216 g/mol. The fourth-order valence-corrected chi connectivity index (χ4v) is 1.26. The van der Waals surface area contributed by atoms with Crippen molar-refractivity contribution in [3.63, 3.8) is 0 Å². The Kier molecular flexibility index (Phi) is 3.68. The molecule has 1 rings (SSSR count). The Morgan fingerprint density at radius 2 is 2.00 bits per heavy atom. The van der Waals surface area contributed by atoms with Crippen LogP contribution in [-0.2, 0) is 0 Å². The fourth-order valence-electron chi connectivity index (χ4n) is 1.26. The second kappa shape index (κ2) is 4.64. The van der Waals surface area contributed by atoms with E-state index in [0.717, 1.165) is 6.07 Å². The summed E-state index contributed by atoms with van der Waals surface area (Å²) >= 11 is 0. The number of ether oxygens (including phenoxy) is 1. The third-order valence-corrected chi connectivity index (χ3v) is 1.99. The largest absolute Gasteiger partial charge is 0.513 e. The van der Waals surface area contributed by atoms with Crippen LogP contribution in [0.3, 0.4) is 0 Å². The van der Waals surface area contributed by atoms with Crippen LogP contribution < -0.4 is 10.2 Å². The highest BCUT2D eigenvalue weighted by Crippen LogP contribution is 2.19. The Morgan fingerprint density at radius 1 is 1.38 bits per heavy atom. The van der Waals surface area contributed by atoms with Gasteiger partial charge in [-0.25, -0.2) is 0 Å². The topological polar surface area (TPSA) is 9.23 Å². The molecule has 0 aliphatic carbocycles. The maximum Gasteiger partial charge on any atom is 0.513 e. The van der Waals surface area contributed by atoms with Crippen molar-refractivity contribution in [3.05, 3.63) is 35.9 Å². The normalized spacial score (nSPS) is 11.3. The molecule has 1 aromatic rings. The van der Waals surface area contributed by atoms with Gasteiger partial charge in [-0.15, -0.1) is 0 Å². The van der Waals surface area contributed by atoms with Crippen molar-refractivity contribution in [1.29, 1.82) is 0 Å². The monoisotopic (exact) mass is 229 g/mol. The summed E-state index contributed by atoms with van der Waals surface area (Å²) in [7, 11) is 0. The molecule has 88 valence electrons. The van der Waals surface area contributed by atoms with E-state index in [1.165, 1.54) is 6.07 Å². The van der Waals surface area contributed by atoms with Crippen LogP contribution in [0.15, 0.2) is 30.4 Å². The summed E-state index contributed by atoms with van der Waals surface area (Å²) in [6.07, 6.45) is 0. The zero-order valence-electron chi connectivity index (χ0n) is 9.27. The molecule has 0 radical (unpaired) electrons. The van der Waals surface area contributed by atoms with Crippen molar-refractivity contribution >= 4 is 12.4 Å². The highest BCUT2D eigenvalue weighted by atomic mass is 19.4. The van der Waals surface area contributed by atoms with Crippen LogP contribution in [-0.4, -0.2) is 13.6 Å². The fraction of sp³-hybridized carbons (Fsp3) is 0.273. The molecule has 5 heteroatoms. The number of aryl methyl sites for hydroxylation is 1. The van der Waals surface area contributed by atoms with E-state index >= 15 is 0 Å². The van der Waals surface area contributed by atoms with Gasteiger partial charge in [0, 0.05) is 0 Å². The number of benzene rings is 1. The molecular formula is C11H13BF3O-. The van der Waals surface area contributed by atoms with Crippen LogP contribution >= 0.6 is 0 Å². The lowest BCUT2D eigenvalue weighted by Gasteiger charge is -2.20. The van der Waals surface area contributed by atoms with Gasteiger partial charge in [0.25, 0.3) is 0 Å². The van der Waals surface area contributed by atoms with E-state index in [9.17, 15) is 12.9 Å². The second-order valence-corrected chi connectivity index (χ2v) is 3.86. The highest BCUT2D eigenvalue weighted by molar-refractivity contribution is 6.74. The van der Waals surface area contributed by atoms with E-state index in [-0.39, 0.29) is 12.4 Å². The minimum absolute atomic E-state index is 0.0994. The van der Waals surface area contributed by atoms with Crippen molar-refractivity contribution in [2.75, 3.05) is 6.61 Å². The van der Waals surface area contributed by atoms with E-state index in [2.05, 4.69) is 6.58 Å². The summed E-state index contributed by atoms with van der Waals surface area (Å²) in [6, 6.07) is 4.05. The van der Waals surface area contributed by atoms with Crippen LogP contribution in [0.25, 0.3) is 0 Å². The molecule has 0 unspecified atom stereocenters. The standard InChI is InChI=1S/C11H13BF3O/c1-8(2)7-16-11-5-4-9(3)6-10(11)12(13,14)15/h4-6H,1,7H2,2-3H3/q-1. The number of halogens is 3. The van der Waals surface area contributed by atoms with Gasteiger partial charge in [-0.3, -0.25) is 0 Å². The SMILES string of the molecule is C=C(C)COc1ccc(C)cc1[B-](F)(F)F. The molecule has 16 heavy (non-hydrogen) atoms. The van der Waals surface area contributed by atoms with Crippen LogP contribution in [0.2, 0.25) is 0 Å². The Balaban J connectivity index is 3.03. The molecule has 0 spiro atoms. The number of hydrogen-bond donors (Lipinski definition) is 0. The predicted molar refractivity (Wildman–Crippen MR) is 60.2 cm³/mol. The average molecular weight is 229 g/mol. The zero-order chi connectivity index (χ0) is 12.3. The van der Waals surface area contributed by atoms with Gasteiger partial charge in [-0.05, 0) is 25.5 Å². The first-order valence-electron chi connectivity index (χ1n) is 4.88. The summed E-state index contributed by atoms with van der Waals surface area (Å²) in [5.74, 6) is -0.124. The molecule has 0 aromatic heterocycles. The Hall–Kier alpha value is -1.39. The van der Waals surface area contributed by atoms with Gasteiger partial charge in [-0.1, -0.05) is 29.7 Å². The molecule has 0 fully saturated rings. The molecule has 0 aliphatic heterocycles. The minimum Gasteiger partial charge on any atom is -0.492 e. The van der Waals surface area contributed by atoms with Gasteiger partial charge in [0.05, 0.1) is 5.75 Å². The van der Waals surface area contributed by atoms with E-state index in [0.29, 0.717) is 11.1 Å². The smallest absolute Gasteiger partial charge is 0.492 e. The minimum atomic E-state index is -5.04. The maximum absolute atomic E-state index is 12.7. The number of hydrogen-bond acceptors (Lipinski definition) is 1. The van der Waals surface area contributed by atoms with Crippen LogP contribution in [0.1, 0.15) is 12.5 Å². The third kappa shape index (κ3) is 3.33. The second-order valence-electron chi connectivity index (χ2n) is 3.86. The average Bonchev–Trinajstić information content (AvgIpc) is 2.14. The van der Waals surface area contributed by atoms with Crippen molar-refractivity contribution in [2.24, 2.45) is 0 Å². The van der Waals surface area contributed by atoms with Gasteiger partial charge in [0.1, 0.15) is 6.61 Å². The first-order chi connectivity index (χ1) is 7.30. The molecule has 0 heterocycles. The molecule has 0 bridgehead atoms. The van der Waals surface area contributed by atoms with Crippen molar-refractivity contribution in [1.82, 2.24) is 0 Å². The Bertz CT molecular complexity index is 399. The molecule has 0 aliphatic rings. The molecule has 1 aromatic carbocycles. The molecule has 0 atom stereocenters. The van der Waals surface area contributed by atoms with Gasteiger partial charge >= 0.3 is 6.98 Å². The third-order valence-electron chi connectivity index (χ3n) is 1.99. The molecule has 1 nitrogen and oxygen atoms in total. The lowest BCUT2D eigenvalue weighted by Crippen LogP contribution is -2.35. The zero-order valence-corrected chi connectivity index (χ0v) is 9.27. The van der Waals surface area contributed by atoms with Crippen molar-refractivity contribution in [2.45, 2.75) is 13.8 Å². The maximum atomic E-state index is 12.7. The predicted octanol–water partition coefficient (Wildman–Crippen LogP) is 3.00. The van der Waals surface area contributed by atoms with E-state index in [1.807, 2.05) is 0 Å². The first-order valence-corrected chi connectivity index (χ1v) is 4.88. The van der Waals surface area contributed by atoms with Crippen molar-refractivity contribution < 1.29 is 17.7 Å². The van der Waals surface area contributed by atoms with Gasteiger partial charge in [0.2, 0.25) is 0 Å². The summed E-state index contributed by atoms with van der Waals surface area (Å²) in [4.78, 5) is 0. The Labute approximate surface area is 93.0 Å². The molecule has 0 saturated heterocycles. The van der Waals surface area contributed by atoms with Gasteiger partial charge < -0.3 is 17.7 Å². The molecule has 0 N–H and O–H groups in total. The van der Waals surface area contributed by atoms with Crippen LogP contribution in [0.4, 0.5) is 12.9 Å².